The number of halogens is 1. The first-order chi connectivity index (χ1) is 9.29. The van der Waals surface area contributed by atoms with Crippen LogP contribution < -0.4 is 10.1 Å². The van der Waals surface area contributed by atoms with Gasteiger partial charge in [-0.05, 0) is 46.6 Å². The van der Waals surface area contributed by atoms with Gasteiger partial charge in [0.25, 0.3) is 0 Å². The lowest BCUT2D eigenvalue weighted by atomic mass is 10.2. The van der Waals surface area contributed by atoms with Crippen molar-refractivity contribution >= 4 is 27.3 Å². The summed E-state index contributed by atoms with van der Waals surface area (Å²) >= 11 is 5.13. The van der Waals surface area contributed by atoms with E-state index in [4.69, 9.17) is 4.74 Å². The number of rotatable bonds is 7. The molecule has 5 heteroatoms. The van der Waals surface area contributed by atoms with Crippen LogP contribution in [0.4, 0.5) is 0 Å². The van der Waals surface area contributed by atoms with Crippen molar-refractivity contribution in [1.29, 1.82) is 0 Å². The van der Waals surface area contributed by atoms with Crippen LogP contribution in [0, 0.1) is 0 Å². The molecule has 0 radical (unpaired) electrons. The van der Waals surface area contributed by atoms with Gasteiger partial charge >= 0.3 is 0 Å². The minimum Gasteiger partial charge on any atom is -0.486 e. The van der Waals surface area contributed by atoms with E-state index < -0.39 is 0 Å². The normalized spacial score (nSPS) is 10.6. The van der Waals surface area contributed by atoms with Gasteiger partial charge in [0, 0.05) is 11.9 Å². The maximum atomic E-state index is 5.74. The quantitative estimate of drug-likeness (QED) is 0.774. The Hall–Kier alpha value is -0.910. The molecule has 0 saturated carbocycles. The van der Waals surface area contributed by atoms with Crippen LogP contribution in [0.3, 0.4) is 0 Å². The van der Waals surface area contributed by atoms with Gasteiger partial charge in [0.2, 0.25) is 0 Å². The molecule has 19 heavy (non-hydrogen) atoms. The summed E-state index contributed by atoms with van der Waals surface area (Å²) in [5.41, 5.74) is 4.03. The molecule has 1 aromatic heterocycles. The largest absolute Gasteiger partial charge is 0.486 e. The lowest BCUT2D eigenvalue weighted by Crippen LogP contribution is -2.13. The second kappa shape index (κ2) is 7.62. The number of benzene rings is 1. The predicted molar refractivity (Wildman–Crippen MR) is 82.6 cm³/mol. The molecule has 1 N–H and O–H groups in total. The Morgan fingerprint density at radius 3 is 3.00 bits per heavy atom. The Kier molecular flexibility index (Phi) is 5.82. The average Bonchev–Trinajstić information content (AvgIpc) is 2.91. The highest BCUT2D eigenvalue weighted by molar-refractivity contribution is 9.10. The molecule has 0 aliphatic carbocycles. The zero-order valence-corrected chi connectivity index (χ0v) is 13.3. The van der Waals surface area contributed by atoms with Crippen molar-refractivity contribution in [3.63, 3.8) is 0 Å². The first-order valence-corrected chi connectivity index (χ1v) is 8.02. The highest BCUT2D eigenvalue weighted by Gasteiger charge is 2.04. The van der Waals surface area contributed by atoms with Crippen LogP contribution in [0.5, 0.6) is 5.75 Å². The maximum Gasteiger partial charge on any atom is 0.134 e. The van der Waals surface area contributed by atoms with E-state index in [2.05, 4.69) is 45.3 Å². The Bertz CT molecular complexity index is 502. The third kappa shape index (κ3) is 4.60. The number of nitrogens with zero attached hydrogens (tertiary/aromatic N) is 1. The molecule has 102 valence electrons. The van der Waals surface area contributed by atoms with Crippen molar-refractivity contribution in [3.8, 4) is 5.75 Å². The van der Waals surface area contributed by atoms with Crippen LogP contribution in [0.25, 0.3) is 0 Å². The summed E-state index contributed by atoms with van der Waals surface area (Å²) in [6.45, 7) is 4.60. The molecule has 1 heterocycles. The summed E-state index contributed by atoms with van der Waals surface area (Å²) in [5.74, 6) is 0.854. The number of hydrogen-bond acceptors (Lipinski definition) is 4. The molecule has 0 aliphatic heterocycles. The molecule has 0 spiro atoms. The van der Waals surface area contributed by atoms with Gasteiger partial charge in [0.15, 0.2) is 0 Å². The number of thiazole rings is 1. The SMILES string of the molecule is CCCNCc1ccc(OCc2cscn2)c(Br)c1. The van der Waals surface area contributed by atoms with Gasteiger partial charge in [0.1, 0.15) is 12.4 Å². The number of hydrogen-bond donors (Lipinski definition) is 1. The highest BCUT2D eigenvalue weighted by atomic mass is 79.9. The van der Waals surface area contributed by atoms with Crippen LogP contribution in [-0.4, -0.2) is 11.5 Å². The molecule has 0 bridgehead atoms. The molecular weight excluding hydrogens is 324 g/mol. The van der Waals surface area contributed by atoms with Gasteiger partial charge in [-0.15, -0.1) is 11.3 Å². The second-order valence-electron chi connectivity index (χ2n) is 4.21. The molecule has 0 atom stereocenters. The monoisotopic (exact) mass is 340 g/mol. The van der Waals surface area contributed by atoms with Crippen LogP contribution in [0.1, 0.15) is 24.6 Å². The third-order valence-electron chi connectivity index (χ3n) is 2.61. The fourth-order valence-corrected chi connectivity index (χ4v) is 2.73. The molecule has 2 rings (SSSR count). The standard InChI is InChI=1S/C14H17BrN2OS/c1-2-5-16-7-11-3-4-14(13(15)6-11)18-8-12-9-19-10-17-12/h3-4,6,9-10,16H,2,5,7-8H2,1H3. The van der Waals surface area contributed by atoms with E-state index in [1.807, 2.05) is 17.0 Å². The molecule has 2 aromatic rings. The van der Waals surface area contributed by atoms with Gasteiger partial charge in [-0.1, -0.05) is 13.0 Å². The predicted octanol–water partition coefficient (Wildman–Crippen LogP) is 3.98. The van der Waals surface area contributed by atoms with Gasteiger partial charge in [-0.3, -0.25) is 0 Å². The van der Waals surface area contributed by atoms with E-state index >= 15 is 0 Å². The second-order valence-corrected chi connectivity index (χ2v) is 5.78. The average molecular weight is 341 g/mol. The van der Waals surface area contributed by atoms with Crippen molar-refractivity contribution in [2.45, 2.75) is 26.5 Å². The number of aromatic nitrogens is 1. The Morgan fingerprint density at radius 2 is 2.32 bits per heavy atom. The van der Waals surface area contributed by atoms with E-state index in [1.54, 1.807) is 11.3 Å². The minimum absolute atomic E-state index is 0.509. The third-order valence-corrected chi connectivity index (χ3v) is 3.87. The van der Waals surface area contributed by atoms with Crippen LogP contribution in [0.2, 0.25) is 0 Å². The fourth-order valence-electron chi connectivity index (χ4n) is 1.64. The van der Waals surface area contributed by atoms with E-state index in [0.29, 0.717) is 6.61 Å². The number of nitrogens with one attached hydrogen (secondary N) is 1. The van der Waals surface area contributed by atoms with Gasteiger partial charge in [-0.2, -0.15) is 0 Å². The van der Waals surface area contributed by atoms with E-state index in [1.165, 1.54) is 5.56 Å². The van der Waals surface area contributed by atoms with Crippen LogP contribution in [-0.2, 0) is 13.2 Å². The van der Waals surface area contributed by atoms with Crippen molar-refractivity contribution < 1.29 is 4.74 Å². The Labute approximate surface area is 126 Å². The first kappa shape index (κ1) is 14.5. The van der Waals surface area contributed by atoms with Gasteiger partial charge in [0.05, 0.1) is 15.7 Å². The first-order valence-electron chi connectivity index (χ1n) is 6.28. The van der Waals surface area contributed by atoms with Crippen LogP contribution in [0.15, 0.2) is 33.6 Å². The van der Waals surface area contributed by atoms with Gasteiger partial charge in [-0.25, -0.2) is 4.98 Å². The van der Waals surface area contributed by atoms with Crippen molar-refractivity contribution in [1.82, 2.24) is 10.3 Å². The molecule has 0 fully saturated rings. The molecule has 1 aromatic carbocycles. The summed E-state index contributed by atoms with van der Waals surface area (Å²) in [4.78, 5) is 4.20. The Morgan fingerprint density at radius 1 is 1.42 bits per heavy atom. The van der Waals surface area contributed by atoms with E-state index in [-0.39, 0.29) is 0 Å². The van der Waals surface area contributed by atoms with E-state index in [0.717, 1.165) is 35.4 Å². The van der Waals surface area contributed by atoms with Crippen molar-refractivity contribution in [2.75, 3.05) is 6.54 Å². The summed E-state index contributed by atoms with van der Waals surface area (Å²) in [5, 5.41) is 5.38. The topological polar surface area (TPSA) is 34.1 Å². The number of ether oxygens (including phenoxy) is 1. The Balaban J connectivity index is 1.91. The summed E-state index contributed by atoms with van der Waals surface area (Å²) in [7, 11) is 0. The van der Waals surface area contributed by atoms with Crippen molar-refractivity contribution in [3.05, 3.63) is 44.8 Å². The molecule has 3 nitrogen and oxygen atoms in total. The summed E-state index contributed by atoms with van der Waals surface area (Å²) in [6.07, 6.45) is 1.15. The van der Waals surface area contributed by atoms with Crippen molar-refractivity contribution in [2.24, 2.45) is 0 Å². The minimum atomic E-state index is 0.509. The lowest BCUT2D eigenvalue weighted by Gasteiger charge is -2.09. The summed E-state index contributed by atoms with van der Waals surface area (Å²) in [6, 6.07) is 6.18. The van der Waals surface area contributed by atoms with Crippen LogP contribution >= 0.6 is 27.3 Å². The molecule has 0 saturated heterocycles. The zero-order valence-electron chi connectivity index (χ0n) is 10.9. The smallest absolute Gasteiger partial charge is 0.134 e. The highest BCUT2D eigenvalue weighted by Crippen LogP contribution is 2.26. The fraction of sp³-hybridized carbons (Fsp3) is 0.357. The molecule has 0 aliphatic rings. The maximum absolute atomic E-state index is 5.74. The lowest BCUT2D eigenvalue weighted by molar-refractivity contribution is 0.300. The molecular formula is C14H17BrN2OS. The zero-order chi connectivity index (χ0) is 13.5. The van der Waals surface area contributed by atoms with E-state index in [9.17, 15) is 0 Å². The van der Waals surface area contributed by atoms with Gasteiger partial charge < -0.3 is 10.1 Å². The summed E-state index contributed by atoms with van der Waals surface area (Å²) < 4.78 is 6.72. The molecule has 0 unspecified atom stereocenters. The molecule has 0 amide bonds.